The van der Waals surface area contributed by atoms with E-state index in [9.17, 15) is 0 Å². The molecule has 0 radical (unpaired) electrons. The van der Waals surface area contributed by atoms with Gasteiger partial charge < -0.3 is 9.80 Å². The third kappa shape index (κ3) is 2.31. The molecule has 0 amide bonds. The number of fused-ring (bicyclic) bond motifs is 1. The Bertz CT molecular complexity index is 827. The van der Waals surface area contributed by atoms with Crippen molar-refractivity contribution >= 4 is 10.8 Å². The minimum absolute atomic E-state index is 0.485. The minimum Gasteiger partial charge on any atom is -0.354 e. The van der Waals surface area contributed by atoms with Crippen LogP contribution >= 0.6 is 0 Å². The summed E-state index contributed by atoms with van der Waals surface area (Å²) in [7, 11) is 0. The van der Waals surface area contributed by atoms with Crippen LogP contribution < -0.4 is 0 Å². The highest BCUT2D eigenvalue weighted by molar-refractivity contribution is 5.85. The van der Waals surface area contributed by atoms with Gasteiger partial charge in [-0.15, -0.1) is 0 Å². The topological polar surface area (TPSA) is 6.48 Å². The monoisotopic (exact) mass is 344 g/mol. The van der Waals surface area contributed by atoms with Crippen molar-refractivity contribution in [2.75, 3.05) is 6.67 Å². The zero-order valence-corrected chi connectivity index (χ0v) is 15.5. The molecule has 0 aromatic heterocycles. The van der Waals surface area contributed by atoms with Crippen molar-refractivity contribution in [1.82, 2.24) is 9.80 Å². The average molecular weight is 345 g/mol. The van der Waals surface area contributed by atoms with Crippen LogP contribution in [0.1, 0.15) is 44.1 Å². The van der Waals surface area contributed by atoms with Gasteiger partial charge in [0.05, 0.1) is 6.67 Å². The van der Waals surface area contributed by atoms with Gasteiger partial charge in [0.15, 0.2) is 0 Å². The lowest BCUT2D eigenvalue weighted by Gasteiger charge is -2.60. The van der Waals surface area contributed by atoms with E-state index in [2.05, 4.69) is 64.7 Å². The van der Waals surface area contributed by atoms with Crippen LogP contribution in [0.5, 0.6) is 0 Å². The maximum Gasteiger partial charge on any atom is 0.0902 e. The number of hydrogen-bond donors (Lipinski definition) is 0. The smallest absolute Gasteiger partial charge is 0.0902 e. The summed E-state index contributed by atoms with van der Waals surface area (Å²) < 4.78 is 0. The molecule has 4 aliphatic carbocycles. The van der Waals surface area contributed by atoms with E-state index in [0.29, 0.717) is 5.54 Å². The normalized spacial score (nSPS) is 35.0. The van der Waals surface area contributed by atoms with Crippen LogP contribution in [0, 0.1) is 17.8 Å². The number of hydrogen-bond acceptors (Lipinski definition) is 2. The molecule has 0 spiro atoms. The van der Waals surface area contributed by atoms with Crippen LogP contribution in [-0.2, 0) is 6.54 Å². The molecule has 4 saturated carbocycles. The van der Waals surface area contributed by atoms with Crippen molar-refractivity contribution in [2.24, 2.45) is 17.8 Å². The molecule has 134 valence electrons. The van der Waals surface area contributed by atoms with Crippen molar-refractivity contribution in [3.05, 3.63) is 60.4 Å². The highest BCUT2D eigenvalue weighted by Gasteiger charge is 2.53. The van der Waals surface area contributed by atoms with Crippen LogP contribution in [0.25, 0.3) is 10.8 Å². The summed E-state index contributed by atoms with van der Waals surface area (Å²) in [5.41, 5.74) is 1.93. The van der Waals surface area contributed by atoms with Crippen molar-refractivity contribution < 1.29 is 0 Å². The quantitative estimate of drug-likeness (QED) is 0.740. The molecular formula is C24H28N2. The van der Waals surface area contributed by atoms with Gasteiger partial charge in [0.2, 0.25) is 0 Å². The Morgan fingerprint density at radius 2 is 1.50 bits per heavy atom. The molecule has 1 heterocycles. The summed E-state index contributed by atoms with van der Waals surface area (Å²) >= 11 is 0. The average Bonchev–Trinajstić information content (AvgIpc) is 3.10. The SMILES string of the molecule is C1=CN(C23CC4CC(CC(C4)C2)C3)CN1Cc1cccc2ccccc12. The number of rotatable bonds is 3. The number of nitrogens with zero attached hydrogens (tertiary/aromatic N) is 2. The highest BCUT2D eigenvalue weighted by atomic mass is 15.4. The Morgan fingerprint density at radius 1 is 0.808 bits per heavy atom. The lowest BCUT2D eigenvalue weighted by molar-refractivity contribution is -0.0753. The van der Waals surface area contributed by atoms with E-state index >= 15 is 0 Å². The van der Waals surface area contributed by atoms with Gasteiger partial charge in [-0.25, -0.2) is 0 Å². The maximum atomic E-state index is 2.72. The third-order valence-corrected chi connectivity index (χ3v) is 7.66. The van der Waals surface area contributed by atoms with Crippen LogP contribution in [0.3, 0.4) is 0 Å². The summed E-state index contributed by atoms with van der Waals surface area (Å²) in [6.07, 6.45) is 13.7. The highest BCUT2D eigenvalue weighted by Crippen LogP contribution is 2.58. The fourth-order valence-corrected chi connectivity index (χ4v) is 6.94. The van der Waals surface area contributed by atoms with Crippen LogP contribution in [0.15, 0.2) is 54.9 Å². The maximum absolute atomic E-state index is 2.72. The van der Waals surface area contributed by atoms with Gasteiger partial charge in [-0.3, -0.25) is 0 Å². The zero-order valence-electron chi connectivity index (χ0n) is 15.5. The van der Waals surface area contributed by atoms with Crippen molar-refractivity contribution in [1.29, 1.82) is 0 Å². The second-order valence-corrected chi connectivity index (χ2v) is 9.44. The summed E-state index contributed by atoms with van der Waals surface area (Å²) in [6, 6.07) is 15.5. The van der Waals surface area contributed by atoms with Gasteiger partial charge in [0.1, 0.15) is 0 Å². The molecule has 2 heteroatoms. The van der Waals surface area contributed by atoms with Gasteiger partial charge >= 0.3 is 0 Å². The lowest BCUT2D eigenvalue weighted by atomic mass is 9.52. The Labute approximate surface area is 156 Å². The number of benzene rings is 2. The molecule has 5 aliphatic rings. The van der Waals surface area contributed by atoms with E-state index in [1.165, 1.54) is 54.9 Å². The summed E-state index contributed by atoms with van der Waals surface area (Å²) in [6.45, 7) is 2.09. The van der Waals surface area contributed by atoms with E-state index in [1.54, 1.807) is 0 Å². The van der Waals surface area contributed by atoms with E-state index in [4.69, 9.17) is 0 Å². The molecule has 0 saturated heterocycles. The van der Waals surface area contributed by atoms with Crippen LogP contribution in [0.4, 0.5) is 0 Å². The molecule has 4 fully saturated rings. The standard InChI is InChI=1S/C24H28N2/c1-2-7-23-21(4-1)5-3-6-22(23)16-25-8-9-26(17-25)24-13-18-10-19(14-24)12-20(11-18)15-24/h1-9,18-20H,10-17H2. The Balaban J connectivity index is 1.22. The van der Waals surface area contributed by atoms with Gasteiger partial charge in [0, 0.05) is 24.5 Å². The first-order valence-corrected chi connectivity index (χ1v) is 10.4. The summed E-state index contributed by atoms with van der Waals surface area (Å²) in [4.78, 5) is 5.24. The summed E-state index contributed by atoms with van der Waals surface area (Å²) in [5.74, 6) is 3.05. The Morgan fingerprint density at radius 3 is 2.27 bits per heavy atom. The predicted octanol–water partition coefficient (Wildman–Crippen LogP) is 5.35. The molecule has 2 aromatic rings. The second-order valence-electron chi connectivity index (χ2n) is 9.44. The molecule has 4 bridgehead atoms. The van der Waals surface area contributed by atoms with Gasteiger partial charge in [0.25, 0.3) is 0 Å². The molecule has 0 unspecified atom stereocenters. The van der Waals surface area contributed by atoms with E-state index in [0.717, 1.165) is 31.0 Å². The summed E-state index contributed by atoms with van der Waals surface area (Å²) in [5, 5.41) is 2.75. The predicted molar refractivity (Wildman–Crippen MR) is 106 cm³/mol. The van der Waals surface area contributed by atoms with E-state index < -0.39 is 0 Å². The van der Waals surface area contributed by atoms with Gasteiger partial charge in [-0.2, -0.15) is 0 Å². The Kier molecular flexibility index (Phi) is 3.21. The molecule has 1 aliphatic heterocycles. The molecule has 0 atom stereocenters. The molecule has 26 heavy (non-hydrogen) atoms. The third-order valence-electron chi connectivity index (χ3n) is 7.66. The van der Waals surface area contributed by atoms with Crippen LogP contribution in [0.2, 0.25) is 0 Å². The van der Waals surface area contributed by atoms with Crippen molar-refractivity contribution in [3.8, 4) is 0 Å². The molecule has 2 nitrogen and oxygen atoms in total. The van der Waals surface area contributed by atoms with Crippen LogP contribution in [-0.4, -0.2) is 22.0 Å². The molecular weight excluding hydrogens is 316 g/mol. The molecule has 7 rings (SSSR count). The largest absolute Gasteiger partial charge is 0.354 e. The fraction of sp³-hybridized carbons (Fsp3) is 0.500. The van der Waals surface area contributed by atoms with Gasteiger partial charge in [-0.1, -0.05) is 42.5 Å². The first-order chi connectivity index (χ1) is 12.8. The first kappa shape index (κ1) is 15.1. The van der Waals surface area contributed by atoms with E-state index in [-0.39, 0.29) is 0 Å². The Hall–Kier alpha value is -1.96. The minimum atomic E-state index is 0.485. The zero-order chi connectivity index (χ0) is 17.1. The van der Waals surface area contributed by atoms with E-state index in [1.807, 2.05) is 0 Å². The lowest BCUT2D eigenvalue weighted by Crippen LogP contribution is -2.58. The molecule has 2 aromatic carbocycles. The van der Waals surface area contributed by atoms with Crippen molar-refractivity contribution in [3.63, 3.8) is 0 Å². The van der Waals surface area contributed by atoms with Crippen molar-refractivity contribution in [2.45, 2.75) is 50.6 Å². The van der Waals surface area contributed by atoms with Gasteiger partial charge in [-0.05, 0) is 72.6 Å². The fourth-order valence-electron chi connectivity index (χ4n) is 6.94. The first-order valence-electron chi connectivity index (χ1n) is 10.4. The second kappa shape index (κ2) is 5.52. The molecule has 0 N–H and O–H groups in total.